The van der Waals surface area contributed by atoms with Crippen molar-refractivity contribution in [2.45, 2.75) is 71.6 Å². The molecule has 5 unspecified atom stereocenters. The minimum absolute atomic E-state index is 0.0392. The van der Waals surface area contributed by atoms with E-state index in [0.717, 1.165) is 18.3 Å². The molecule has 3 fully saturated rings. The fraction of sp³-hybridized carbons (Fsp3) is 0.850. The van der Waals surface area contributed by atoms with Gasteiger partial charge in [0.05, 0.1) is 0 Å². The lowest BCUT2D eigenvalue weighted by Gasteiger charge is -2.56. The molecule has 2 N–H and O–H groups in total. The van der Waals surface area contributed by atoms with E-state index < -0.39 is 0 Å². The monoisotopic (exact) mass is 303 g/mol. The maximum atomic E-state index is 12.4. The first-order valence-corrected chi connectivity index (χ1v) is 9.36. The Morgan fingerprint density at radius 3 is 2.50 bits per heavy atom. The van der Waals surface area contributed by atoms with Gasteiger partial charge in [-0.1, -0.05) is 31.9 Å². The van der Waals surface area contributed by atoms with Crippen molar-refractivity contribution in [3.05, 3.63) is 11.6 Å². The summed E-state index contributed by atoms with van der Waals surface area (Å²) < 4.78 is 0. The summed E-state index contributed by atoms with van der Waals surface area (Å²) in [6, 6.07) is 0. The van der Waals surface area contributed by atoms with Gasteiger partial charge in [-0.25, -0.2) is 0 Å². The van der Waals surface area contributed by atoms with Gasteiger partial charge in [0.2, 0.25) is 0 Å². The highest BCUT2D eigenvalue weighted by Crippen LogP contribution is 2.63. The third-order valence-corrected chi connectivity index (χ3v) is 7.73. The van der Waals surface area contributed by atoms with E-state index in [2.05, 4.69) is 25.7 Å². The average molecular weight is 303 g/mol. The lowest BCUT2D eigenvalue weighted by molar-refractivity contribution is -0.131. The third kappa shape index (κ3) is 2.13. The Bertz CT molecular complexity index is 482. The predicted molar refractivity (Wildman–Crippen MR) is 91.4 cm³/mol. The van der Waals surface area contributed by atoms with Crippen LogP contribution in [0.25, 0.3) is 0 Å². The molecule has 4 rings (SSSR count). The Labute approximate surface area is 135 Å². The number of fused-ring (bicyclic) bond motifs is 5. The van der Waals surface area contributed by atoms with Crippen molar-refractivity contribution in [2.75, 3.05) is 7.05 Å². The van der Waals surface area contributed by atoms with Crippen molar-refractivity contribution in [2.24, 2.45) is 34.3 Å². The van der Waals surface area contributed by atoms with Crippen LogP contribution in [0.5, 0.6) is 0 Å². The summed E-state index contributed by atoms with van der Waals surface area (Å²) in [5, 5.41) is 0. The van der Waals surface area contributed by atoms with Crippen molar-refractivity contribution >= 4 is 5.78 Å². The minimum Gasteiger partial charge on any atom is -0.333 e. The number of ketones is 1. The Balaban J connectivity index is 0.000000693. The molecule has 0 aliphatic heterocycles. The highest BCUT2D eigenvalue weighted by atomic mass is 16.1. The molecule has 0 aromatic carbocycles. The second-order valence-corrected chi connectivity index (χ2v) is 8.38. The van der Waals surface area contributed by atoms with E-state index in [1.807, 2.05) is 0 Å². The highest BCUT2D eigenvalue weighted by Gasteiger charge is 2.58. The van der Waals surface area contributed by atoms with Crippen LogP contribution >= 0.6 is 0 Å². The molecule has 3 saturated carbocycles. The lowest BCUT2D eigenvalue weighted by atomic mass is 9.48. The van der Waals surface area contributed by atoms with Crippen LogP contribution in [0.2, 0.25) is 0 Å². The first-order valence-electron chi connectivity index (χ1n) is 9.36. The second-order valence-electron chi connectivity index (χ2n) is 8.38. The maximum absolute atomic E-state index is 12.4. The first-order chi connectivity index (χ1) is 10.6. The Morgan fingerprint density at radius 2 is 1.73 bits per heavy atom. The smallest absolute Gasteiger partial charge is 0.139 e. The molecule has 0 spiro atoms. The molecule has 0 heterocycles. The molecule has 2 heteroatoms. The van der Waals surface area contributed by atoms with E-state index in [9.17, 15) is 4.79 Å². The normalized spacial score (nSPS) is 46.6. The topological polar surface area (TPSA) is 43.1 Å². The molecule has 4 aliphatic rings. The van der Waals surface area contributed by atoms with Gasteiger partial charge in [-0.05, 0) is 75.2 Å². The second kappa shape index (κ2) is 5.78. The summed E-state index contributed by atoms with van der Waals surface area (Å²) in [4.78, 5) is 12.4. The van der Waals surface area contributed by atoms with Crippen LogP contribution in [0, 0.1) is 28.6 Å². The number of carbonyl (C=O) groups excluding carboxylic acids is 1. The molecule has 4 aliphatic carbocycles. The van der Waals surface area contributed by atoms with Crippen LogP contribution < -0.4 is 5.73 Å². The molecular formula is C20H33NO. The number of rotatable bonds is 0. The van der Waals surface area contributed by atoms with Crippen LogP contribution in [-0.4, -0.2) is 12.8 Å². The molecule has 0 saturated heterocycles. The van der Waals surface area contributed by atoms with Gasteiger partial charge < -0.3 is 5.73 Å². The Morgan fingerprint density at radius 1 is 1.00 bits per heavy atom. The van der Waals surface area contributed by atoms with E-state index in [0.29, 0.717) is 17.1 Å². The van der Waals surface area contributed by atoms with Gasteiger partial charge in [-0.2, -0.15) is 0 Å². The lowest BCUT2D eigenvalue weighted by Crippen LogP contribution is -2.49. The molecule has 2 nitrogen and oxygen atoms in total. The van der Waals surface area contributed by atoms with Gasteiger partial charge in [0.25, 0.3) is 0 Å². The Hall–Kier alpha value is -0.630. The summed E-state index contributed by atoms with van der Waals surface area (Å²) in [6.07, 6.45) is 13.9. The fourth-order valence-corrected chi connectivity index (χ4v) is 6.47. The Kier molecular flexibility index (Phi) is 4.26. The van der Waals surface area contributed by atoms with E-state index in [-0.39, 0.29) is 5.41 Å². The van der Waals surface area contributed by atoms with Gasteiger partial charge in [-0.3, -0.25) is 4.79 Å². The number of nitrogens with two attached hydrogens (primary N) is 1. The van der Waals surface area contributed by atoms with Gasteiger partial charge in [0, 0.05) is 11.8 Å². The van der Waals surface area contributed by atoms with Gasteiger partial charge in [0.15, 0.2) is 0 Å². The number of hydrogen-bond acceptors (Lipinski definition) is 2. The summed E-state index contributed by atoms with van der Waals surface area (Å²) >= 11 is 0. The number of hydrogen-bond donors (Lipinski definition) is 1. The largest absolute Gasteiger partial charge is 0.333 e. The number of allylic oxidation sites excluding steroid dienone is 2. The predicted octanol–water partition coefficient (Wildman–Crippen LogP) is 4.48. The minimum atomic E-state index is 0.0392. The van der Waals surface area contributed by atoms with Gasteiger partial charge >= 0.3 is 0 Å². The molecule has 124 valence electrons. The standard InChI is InChI=1S/C19H28O.CH5N/c1-18-11-4-3-5-13(18)6-7-14-15-8-9-17(20)19(15,2)12-10-16(14)18;1-2/h6,14-16H,3-5,7-12H2,1-2H3;2H2,1H3. The summed E-state index contributed by atoms with van der Waals surface area (Å²) in [5.41, 5.74) is 6.80. The van der Waals surface area contributed by atoms with Gasteiger partial charge in [0.1, 0.15) is 5.78 Å². The molecule has 5 atom stereocenters. The summed E-state index contributed by atoms with van der Waals surface area (Å²) in [5.74, 6) is 2.92. The molecular weight excluding hydrogens is 270 g/mol. The molecule has 22 heavy (non-hydrogen) atoms. The molecule has 0 aromatic rings. The van der Waals surface area contributed by atoms with Crippen LogP contribution in [0.4, 0.5) is 0 Å². The average Bonchev–Trinajstić information content (AvgIpc) is 2.84. The van der Waals surface area contributed by atoms with Crippen LogP contribution in [0.15, 0.2) is 11.6 Å². The van der Waals surface area contributed by atoms with Crippen molar-refractivity contribution in [1.29, 1.82) is 0 Å². The zero-order chi connectivity index (χ0) is 16.0. The third-order valence-electron chi connectivity index (χ3n) is 7.73. The zero-order valence-electron chi connectivity index (χ0n) is 14.7. The molecule has 0 bridgehead atoms. The summed E-state index contributed by atoms with van der Waals surface area (Å²) in [6.45, 7) is 4.83. The highest BCUT2D eigenvalue weighted by molar-refractivity contribution is 5.87. The van der Waals surface area contributed by atoms with Gasteiger partial charge in [-0.15, -0.1) is 0 Å². The molecule has 0 amide bonds. The van der Waals surface area contributed by atoms with E-state index in [4.69, 9.17) is 0 Å². The van der Waals surface area contributed by atoms with Crippen LogP contribution in [-0.2, 0) is 4.79 Å². The first kappa shape index (κ1) is 16.2. The van der Waals surface area contributed by atoms with Crippen molar-refractivity contribution < 1.29 is 4.79 Å². The van der Waals surface area contributed by atoms with Crippen molar-refractivity contribution in [3.63, 3.8) is 0 Å². The van der Waals surface area contributed by atoms with E-state index in [1.165, 1.54) is 58.4 Å². The quantitative estimate of drug-likeness (QED) is 0.670. The van der Waals surface area contributed by atoms with Crippen LogP contribution in [0.3, 0.4) is 0 Å². The van der Waals surface area contributed by atoms with Crippen molar-refractivity contribution in [1.82, 2.24) is 0 Å². The van der Waals surface area contributed by atoms with Crippen molar-refractivity contribution in [3.8, 4) is 0 Å². The number of Topliss-reactive ketones (excluding diaryl/α,β-unsaturated/α-hetero) is 1. The van der Waals surface area contributed by atoms with E-state index in [1.54, 1.807) is 5.57 Å². The molecule has 0 aromatic heterocycles. The SMILES string of the molecule is CC12CCC3C(CC=C4CCCCC43C)C1CCC2=O.CN. The molecule has 0 radical (unpaired) electrons. The number of carbonyl (C=O) groups is 1. The fourth-order valence-electron chi connectivity index (χ4n) is 6.47. The van der Waals surface area contributed by atoms with E-state index >= 15 is 0 Å². The maximum Gasteiger partial charge on any atom is 0.139 e. The zero-order valence-corrected chi connectivity index (χ0v) is 14.7. The van der Waals surface area contributed by atoms with Crippen LogP contribution in [0.1, 0.15) is 71.6 Å². The summed E-state index contributed by atoms with van der Waals surface area (Å²) in [7, 11) is 1.50.